The van der Waals surface area contributed by atoms with Gasteiger partial charge in [0.15, 0.2) is 0 Å². The number of hydrogen-bond acceptors (Lipinski definition) is 5. The molecule has 4 rings (SSSR count). The van der Waals surface area contributed by atoms with Gasteiger partial charge in [-0.1, -0.05) is 30.0 Å². The highest BCUT2D eigenvalue weighted by atomic mass is 32.2. The Morgan fingerprint density at radius 2 is 1.87 bits per heavy atom. The van der Waals surface area contributed by atoms with Crippen molar-refractivity contribution < 1.29 is 14.7 Å². The molecule has 2 heterocycles. The number of aromatic nitrogens is 3. The van der Waals surface area contributed by atoms with Gasteiger partial charge in [-0.2, -0.15) is 9.78 Å². The van der Waals surface area contributed by atoms with Gasteiger partial charge >= 0.3 is 6.09 Å². The van der Waals surface area contributed by atoms with Crippen molar-refractivity contribution in [1.29, 1.82) is 0 Å². The summed E-state index contributed by atoms with van der Waals surface area (Å²) in [7, 11) is 1.58. The highest BCUT2D eigenvalue weighted by Gasteiger charge is 2.16. The standard InChI is InChI=1S/C23H18N4O3S/c1-24-22(28)18-7-2-3-8-21(18)31-16-10-11-17-19(12-9-15-6-4-5-13-25-15)26-27(23(29)30)20(17)14-16/h2-14H,1H3,(H,24,28)(H,29,30)/b12-9+. The molecule has 4 aromatic rings. The Bertz CT molecular complexity index is 1300. The van der Waals surface area contributed by atoms with Crippen LogP contribution in [0.5, 0.6) is 0 Å². The largest absolute Gasteiger partial charge is 0.463 e. The molecule has 0 unspecified atom stereocenters. The molecule has 0 bridgehead atoms. The normalized spacial score (nSPS) is 11.1. The number of nitrogens with one attached hydrogen (secondary N) is 1. The number of carboxylic acid groups (broad SMARTS) is 1. The lowest BCUT2D eigenvalue weighted by Crippen LogP contribution is -2.18. The smallest absolute Gasteiger partial charge is 0.432 e. The average molecular weight is 430 g/mol. The Labute approximate surface area is 182 Å². The average Bonchev–Trinajstić information content (AvgIpc) is 3.16. The van der Waals surface area contributed by atoms with Crippen molar-refractivity contribution in [3.8, 4) is 0 Å². The third-order valence-corrected chi connectivity index (χ3v) is 5.61. The van der Waals surface area contributed by atoms with E-state index in [1.165, 1.54) is 11.8 Å². The van der Waals surface area contributed by atoms with Gasteiger partial charge in [-0.25, -0.2) is 4.79 Å². The van der Waals surface area contributed by atoms with Crippen LogP contribution in [0.15, 0.2) is 76.7 Å². The molecule has 0 radical (unpaired) electrons. The molecular formula is C23H18N4O3S. The third kappa shape index (κ3) is 4.34. The van der Waals surface area contributed by atoms with Gasteiger partial charge in [0.1, 0.15) is 0 Å². The molecule has 0 spiro atoms. The van der Waals surface area contributed by atoms with Crippen molar-refractivity contribution in [3.05, 3.63) is 83.8 Å². The molecule has 8 heteroatoms. The summed E-state index contributed by atoms with van der Waals surface area (Å²) in [6.45, 7) is 0. The van der Waals surface area contributed by atoms with Crippen molar-refractivity contribution in [2.45, 2.75) is 9.79 Å². The highest BCUT2D eigenvalue weighted by molar-refractivity contribution is 7.99. The van der Waals surface area contributed by atoms with Gasteiger partial charge in [-0.3, -0.25) is 9.78 Å². The number of hydrogen-bond donors (Lipinski definition) is 2. The van der Waals surface area contributed by atoms with E-state index in [0.29, 0.717) is 22.2 Å². The van der Waals surface area contributed by atoms with E-state index in [4.69, 9.17) is 0 Å². The van der Waals surface area contributed by atoms with E-state index in [2.05, 4.69) is 15.4 Å². The molecule has 2 aromatic heterocycles. The maximum atomic E-state index is 12.1. The summed E-state index contributed by atoms with van der Waals surface area (Å²) in [4.78, 5) is 29.7. The Morgan fingerprint density at radius 1 is 1.06 bits per heavy atom. The van der Waals surface area contributed by atoms with E-state index in [1.807, 2.05) is 42.5 Å². The van der Waals surface area contributed by atoms with Gasteiger partial charge in [0.25, 0.3) is 5.91 Å². The zero-order valence-corrected chi connectivity index (χ0v) is 17.3. The number of benzene rings is 2. The minimum Gasteiger partial charge on any atom is -0.463 e. The maximum absolute atomic E-state index is 12.1. The van der Waals surface area contributed by atoms with Gasteiger partial charge < -0.3 is 10.4 Å². The Hall–Kier alpha value is -3.91. The van der Waals surface area contributed by atoms with E-state index in [1.54, 1.807) is 43.6 Å². The minimum absolute atomic E-state index is 0.179. The number of nitrogens with zero attached hydrogens (tertiary/aromatic N) is 3. The second kappa shape index (κ2) is 8.85. The number of carbonyl (C=O) groups is 2. The molecule has 2 N–H and O–H groups in total. The first-order chi connectivity index (χ1) is 15.1. The first-order valence-corrected chi connectivity index (χ1v) is 10.2. The number of rotatable bonds is 5. The van der Waals surface area contributed by atoms with Crippen LogP contribution in [0.25, 0.3) is 23.1 Å². The van der Waals surface area contributed by atoms with E-state index >= 15 is 0 Å². The van der Waals surface area contributed by atoms with Gasteiger partial charge in [0, 0.05) is 28.4 Å². The predicted molar refractivity (Wildman–Crippen MR) is 120 cm³/mol. The van der Waals surface area contributed by atoms with Crippen molar-refractivity contribution in [1.82, 2.24) is 20.1 Å². The molecule has 0 aliphatic rings. The molecule has 0 atom stereocenters. The van der Waals surface area contributed by atoms with Crippen LogP contribution in [0.1, 0.15) is 21.7 Å². The van der Waals surface area contributed by atoms with Gasteiger partial charge in [0.2, 0.25) is 0 Å². The molecular weight excluding hydrogens is 412 g/mol. The van der Waals surface area contributed by atoms with Gasteiger partial charge in [0.05, 0.1) is 22.5 Å². The summed E-state index contributed by atoms with van der Waals surface area (Å²) >= 11 is 1.39. The fourth-order valence-electron chi connectivity index (χ4n) is 3.09. The van der Waals surface area contributed by atoms with E-state index in [-0.39, 0.29) is 5.91 Å². The lowest BCUT2D eigenvalue weighted by atomic mass is 10.2. The Morgan fingerprint density at radius 3 is 2.61 bits per heavy atom. The fraction of sp³-hybridized carbons (Fsp3) is 0.0435. The minimum atomic E-state index is -1.17. The van der Waals surface area contributed by atoms with E-state index in [9.17, 15) is 14.7 Å². The predicted octanol–water partition coefficient (Wildman–Crippen LogP) is 4.64. The zero-order chi connectivity index (χ0) is 21.8. The van der Waals surface area contributed by atoms with Crippen molar-refractivity contribution in [2.75, 3.05) is 7.05 Å². The van der Waals surface area contributed by atoms with Crippen LogP contribution in [0.4, 0.5) is 4.79 Å². The lowest BCUT2D eigenvalue weighted by molar-refractivity contribution is 0.0960. The summed E-state index contributed by atoms with van der Waals surface area (Å²) in [6.07, 6.45) is 4.05. The molecule has 0 saturated carbocycles. The summed E-state index contributed by atoms with van der Waals surface area (Å²) in [5, 5.41) is 17.2. The molecule has 0 aliphatic heterocycles. The van der Waals surface area contributed by atoms with Crippen LogP contribution in [0.3, 0.4) is 0 Å². The molecule has 0 aliphatic carbocycles. The van der Waals surface area contributed by atoms with E-state index < -0.39 is 6.09 Å². The van der Waals surface area contributed by atoms with Gasteiger partial charge in [-0.05, 0) is 54.6 Å². The summed E-state index contributed by atoms with van der Waals surface area (Å²) in [6, 6.07) is 18.3. The van der Waals surface area contributed by atoms with Crippen LogP contribution >= 0.6 is 11.8 Å². The molecule has 0 fully saturated rings. The fourth-order valence-corrected chi connectivity index (χ4v) is 4.07. The third-order valence-electron chi connectivity index (χ3n) is 4.55. The molecule has 154 valence electrons. The Kier molecular flexibility index (Phi) is 5.81. The van der Waals surface area contributed by atoms with Crippen LogP contribution < -0.4 is 5.32 Å². The maximum Gasteiger partial charge on any atom is 0.432 e. The summed E-state index contributed by atoms with van der Waals surface area (Å²) in [5.41, 5.74) is 2.31. The first kappa shape index (κ1) is 20.4. The highest BCUT2D eigenvalue weighted by Crippen LogP contribution is 2.33. The van der Waals surface area contributed by atoms with Crippen molar-refractivity contribution >= 4 is 46.8 Å². The number of fused-ring (bicyclic) bond motifs is 1. The Balaban J connectivity index is 1.73. The molecule has 1 amide bonds. The topological polar surface area (TPSA) is 97.1 Å². The van der Waals surface area contributed by atoms with Crippen LogP contribution in [0.2, 0.25) is 0 Å². The van der Waals surface area contributed by atoms with Gasteiger partial charge in [-0.15, -0.1) is 0 Å². The SMILES string of the molecule is CNC(=O)c1ccccc1Sc1ccc2c(/C=C/c3ccccn3)nn(C(=O)O)c2c1. The molecule has 31 heavy (non-hydrogen) atoms. The van der Waals surface area contributed by atoms with Crippen LogP contribution in [-0.4, -0.2) is 38.9 Å². The first-order valence-electron chi connectivity index (χ1n) is 9.41. The summed E-state index contributed by atoms with van der Waals surface area (Å²) in [5.74, 6) is -0.179. The lowest BCUT2D eigenvalue weighted by Gasteiger charge is -2.08. The monoisotopic (exact) mass is 430 g/mol. The molecule has 0 saturated heterocycles. The van der Waals surface area contributed by atoms with Crippen LogP contribution in [-0.2, 0) is 0 Å². The zero-order valence-electron chi connectivity index (χ0n) is 16.5. The second-order valence-corrected chi connectivity index (χ2v) is 7.64. The molecule has 2 aromatic carbocycles. The molecule has 7 nitrogen and oxygen atoms in total. The number of carbonyl (C=O) groups excluding carboxylic acids is 1. The van der Waals surface area contributed by atoms with E-state index in [0.717, 1.165) is 20.2 Å². The van der Waals surface area contributed by atoms with Crippen molar-refractivity contribution in [3.63, 3.8) is 0 Å². The number of amides is 1. The number of pyridine rings is 1. The van der Waals surface area contributed by atoms with Crippen molar-refractivity contribution in [2.24, 2.45) is 0 Å². The summed E-state index contributed by atoms with van der Waals surface area (Å²) < 4.78 is 0.960. The quantitative estimate of drug-likeness (QED) is 0.479. The van der Waals surface area contributed by atoms with Crippen LogP contribution in [0, 0.1) is 0 Å². The second-order valence-electron chi connectivity index (χ2n) is 6.52.